The Morgan fingerprint density at radius 3 is 1.53 bits per heavy atom. The number of anilines is 3. The molecule has 0 saturated carbocycles. The molecule has 0 aliphatic heterocycles. The molecule has 0 unspecified atom stereocenters. The zero-order valence-corrected chi connectivity index (χ0v) is 44.2. The number of hydrogen-bond acceptors (Lipinski definition) is 9. The summed E-state index contributed by atoms with van der Waals surface area (Å²) < 4.78 is 2.41. The minimum absolute atomic E-state index is 0.296. The van der Waals surface area contributed by atoms with Crippen molar-refractivity contribution < 1.29 is 9.90 Å². The van der Waals surface area contributed by atoms with Gasteiger partial charge in [-0.2, -0.15) is 5.26 Å². The number of fused-ring (bicyclic) bond motifs is 7. The number of aliphatic carboxylic acids is 1. The van der Waals surface area contributed by atoms with Gasteiger partial charge in [0.2, 0.25) is 0 Å². The van der Waals surface area contributed by atoms with Crippen molar-refractivity contribution >= 4 is 117 Å². The molecule has 5 heterocycles. The zero-order chi connectivity index (χ0) is 49.4. The molecule has 0 aliphatic carbocycles. The first-order valence-electron chi connectivity index (χ1n) is 25.6. The Balaban J connectivity index is 1.09. The number of nitriles is 1. The normalized spacial score (nSPS) is 11.9. The molecule has 362 valence electrons. The summed E-state index contributed by atoms with van der Waals surface area (Å²) >= 11 is 7.00. The van der Waals surface area contributed by atoms with Gasteiger partial charge in [-0.05, 0) is 110 Å². The van der Waals surface area contributed by atoms with Crippen LogP contribution in [0, 0.1) is 11.3 Å². The Hall–Kier alpha value is -6.48. The summed E-state index contributed by atoms with van der Waals surface area (Å²) in [5.41, 5.74) is 9.64. The quantitative estimate of drug-likeness (QED) is 0.0315. The second kappa shape index (κ2) is 22.9. The Kier molecular flexibility index (Phi) is 15.7. The van der Waals surface area contributed by atoms with Gasteiger partial charge in [0.05, 0.1) is 20.4 Å². The number of aryl methyl sites for hydroxylation is 2. The number of rotatable bonds is 22. The first kappa shape index (κ1) is 49.1. The number of unbranched alkanes of at least 4 members (excludes halogenated alkanes) is 10. The van der Waals surface area contributed by atoms with Crippen molar-refractivity contribution in [3.8, 4) is 37.4 Å². The third-order valence-electron chi connectivity index (χ3n) is 13.5. The predicted octanol–water partition coefficient (Wildman–Crippen LogP) is 19.6. The van der Waals surface area contributed by atoms with Crippen molar-refractivity contribution in [1.82, 2.24) is 9.97 Å². The summed E-state index contributed by atoms with van der Waals surface area (Å²) in [6.45, 7) is 4.55. The number of nitrogens with zero attached hydrogens (tertiary/aromatic N) is 4. The number of carboxylic acid groups (broad SMARTS) is 1. The lowest BCUT2D eigenvalue weighted by molar-refractivity contribution is -0.132. The van der Waals surface area contributed by atoms with E-state index in [1.54, 1.807) is 11.3 Å². The molecule has 0 aliphatic rings. The highest BCUT2D eigenvalue weighted by Gasteiger charge is 2.23. The van der Waals surface area contributed by atoms with Crippen molar-refractivity contribution in [3.63, 3.8) is 0 Å². The van der Waals surface area contributed by atoms with Crippen molar-refractivity contribution in [2.24, 2.45) is 0 Å². The summed E-state index contributed by atoms with van der Waals surface area (Å²) in [7, 11) is 0. The van der Waals surface area contributed by atoms with Crippen LogP contribution < -0.4 is 4.90 Å². The number of para-hydroxylation sites is 2. The molecule has 0 fully saturated rings. The summed E-state index contributed by atoms with van der Waals surface area (Å²) in [6, 6.07) is 49.2. The van der Waals surface area contributed by atoms with Gasteiger partial charge in [0.25, 0.3) is 0 Å². The molecule has 0 saturated heterocycles. The minimum atomic E-state index is -1.24. The number of hydrogen-bond donors (Lipinski definition) is 1. The van der Waals surface area contributed by atoms with Crippen molar-refractivity contribution in [3.05, 3.63) is 154 Å². The van der Waals surface area contributed by atoms with E-state index >= 15 is 0 Å². The van der Waals surface area contributed by atoms with Gasteiger partial charge in [0, 0.05) is 68.2 Å². The molecule has 0 radical (unpaired) electrons. The van der Waals surface area contributed by atoms with Crippen LogP contribution in [0.15, 0.2) is 139 Å². The molecule has 6 nitrogen and oxygen atoms in total. The molecule has 0 bridgehead atoms. The highest BCUT2D eigenvalue weighted by Crippen LogP contribution is 2.47. The molecule has 72 heavy (non-hydrogen) atoms. The van der Waals surface area contributed by atoms with E-state index in [4.69, 9.17) is 9.97 Å². The van der Waals surface area contributed by atoms with Crippen LogP contribution in [-0.2, 0) is 17.6 Å². The van der Waals surface area contributed by atoms with Gasteiger partial charge in [-0.25, -0.2) is 14.8 Å². The maximum Gasteiger partial charge on any atom is 0.346 e. The van der Waals surface area contributed by atoms with Crippen LogP contribution in [0.5, 0.6) is 0 Å². The summed E-state index contributed by atoms with van der Waals surface area (Å²) in [5, 5.41) is 21.8. The SMILES string of the molecule is CCCCCCCCc1cc2c3cc(CCCCCCCC)sc3c3nc4c(-c5ccc(-c6ccc(N(c7ccccc7)c7ccccc7)cc6)s5)ccc(-c5ccc(/C=C(/C#N)C(=O)O)s5)c4nc3c2s1. The lowest BCUT2D eigenvalue weighted by Gasteiger charge is -2.25. The number of carboxylic acids is 1. The fourth-order valence-electron chi connectivity index (χ4n) is 9.76. The first-order valence-corrected chi connectivity index (χ1v) is 28.8. The molecule has 5 aromatic carbocycles. The van der Waals surface area contributed by atoms with Gasteiger partial charge in [-0.15, -0.1) is 45.3 Å². The second-order valence-electron chi connectivity index (χ2n) is 18.6. The minimum Gasteiger partial charge on any atom is -0.477 e. The van der Waals surface area contributed by atoms with Crippen LogP contribution in [0.1, 0.15) is 106 Å². The van der Waals surface area contributed by atoms with E-state index in [0.717, 1.165) is 83.3 Å². The lowest BCUT2D eigenvalue weighted by atomic mass is 10.0. The van der Waals surface area contributed by atoms with Crippen molar-refractivity contribution in [2.45, 2.75) is 104 Å². The van der Waals surface area contributed by atoms with E-state index in [-0.39, 0.29) is 5.57 Å². The van der Waals surface area contributed by atoms with Gasteiger partial charge >= 0.3 is 5.97 Å². The van der Waals surface area contributed by atoms with E-state index in [0.29, 0.717) is 4.88 Å². The maximum absolute atomic E-state index is 11.8. The van der Waals surface area contributed by atoms with E-state index in [9.17, 15) is 15.2 Å². The number of aromatic nitrogens is 2. The van der Waals surface area contributed by atoms with Crippen molar-refractivity contribution in [2.75, 3.05) is 4.90 Å². The average Bonchev–Trinajstić information content (AvgIpc) is 4.25. The largest absolute Gasteiger partial charge is 0.477 e. The Labute approximate surface area is 438 Å². The van der Waals surface area contributed by atoms with E-state index < -0.39 is 5.97 Å². The monoisotopic (exact) mass is 1020 g/mol. The summed E-state index contributed by atoms with van der Waals surface area (Å²) in [5.74, 6) is -1.24. The van der Waals surface area contributed by atoms with E-state index in [2.05, 4.69) is 128 Å². The fraction of sp³-hybridized carbons (Fsp3) is 0.258. The molecule has 0 spiro atoms. The van der Waals surface area contributed by atoms with Crippen LogP contribution in [0.2, 0.25) is 0 Å². The number of carbonyl (C=O) groups is 1. The Morgan fingerprint density at radius 2 is 1.01 bits per heavy atom. The molecule has 10 heteroatoms. The Bertz CT molecular complexity index is 3520. The van der Waals surface area contributed by atoms with Crippen LogP contribution in [0.4, 0.5) is 17.1 Å². The molecular weight excluding hydrogens is 961 g/mol. The van der Waals surface area contributed by atoms with Crippen molar-refractivity contribution in [1.29, 1.82) is 5.26 Å². The van der Waals surface area contributed by atoms with Gasteiger partial charge in [-0.1, -0.05) is 139 Å². The van der Waals surface area contributed by atoms with E-state index in [1.165, 1.54) is 124 Å². The number of thiophene rings is 4. The first-order chi connectivity index (χ1) is 35.4. The van der Waals surface area contributed by atoms with Gasteiger partial charge in [0.1, 0.15) is 22.7 Å². The average molecular weight is 1020 g/mol. The standard InChI is InChI=1S/C62H58N4O2S4/c1-3-5-7-9-11-19-25-46-38-51-52-39-47(26-20-12-10-8-6-4-2)71-61(52)59-58(60(51)70-46)64-56-49(54-34-31-48(69-54)37-42(40-63)62(67)68)32-33-50(57(56)65-59)55-36-35-53(72-55)41-27-29-45(30-28-41)66(43-21-15-13-16-22-43)44-23-17-14-18-24-44/h13-18,21-24,27-39H,3-12,19-20,25-26H2,1-2H3,(H,67,68)/b42-37-. The van der Waals surface area contributed by atoms with Gasteiger partial charge in [0.15, 0.2) is 0 Å². The van der Waals surface area contributed by atoms with Gasteiger partial charge < -0.3 is 10.0 Å². The molecule has 0 atom stereocenters. The smallest absolute Gasteiger partial charge is 0.346 e. The van der Waals surface area contributed by atoms with Crippen LogP contribution in [-0.4, -0.2) is 21.0 Å². The van der Waals surface area contributed by atoms with Crippen LogP contribution >= 0.6 is 45.3 Å². The van der Waals surface area contributed by atoms with Gasteiger partial charge in [-0.3, -0.25) is 0 Å². The molecule has 1 N–H and O–H groups in total. The van der Waals surface area contributed by atoms with Crippen LogP contribution in [0.3, 0.4) is 0 Å². The van der Waals surface area contributed by atoms with Crippen LogP contribution in [0.25, 0.3) is 79.6 Å². The van der Waals surface area contributed by atoms with E-state index in [1.807, 2.05) is 53.0 Å². The third kappa shape index (κ3) is 10.7. The molecule has 10 aromatic rings. The molecule has 10 rings (SSSR count). The Morgan fingerprint density at radius 1 is 0.542 bits per heavy atom. The predicted molar refractivity (Wildman–Crippen MR) is 310 cm³/mol. The summed E-state index contributed by atoms with van der Waals surface area (Å²) in [4.78, 5) is 32.3. The second-order valence-corrected chi connectivity index (χ2v) is 23.1. The molecule has 5 aromatic heterocycles. The zero-order valence-electron chi connectivity index (χ0n) is 41.0. The molecule has 0 amide bonds. The topological polar surface area (TPSA) is 90.1 Å². The molecular formula is C62H58N4O2S4. The summed E-state index contributed by atoms with van der Waals surface area (Å²) in [6.07, 6.45) is 18.8. The fourth-order valence-corrected chi connectivity index (χ4v) is 14.2. The highest BCUT2D eigenvalue weighted by molar-refractivity contribution is 7.22. The third-order valence-corrected chi connectivity index (χ3v) is 18.1. The maximum atomic E-state index is 11.8. The highest BCUT2D eigenvalue weighted by atomic mass is 32.1. The number of benzene rings is 5. The lowest BCUT2D eigenvalue weighted by Crippen LogP contribution is -2.09.